The summed E-state index contributed by atoms with van der Waals surface area (Å²) in [5, 5.41) is 8.11. The third-order valence-electron chi connectivity index (χ3n) is 3.13. The van der Waals surface area contributed by atoms with Crippen molar-refractivity contribution in [3.8, 4) is 0 Å². The Hall–Kier alpha value is -2.24. The Morgan fingerprint density at radius 3 is 3.00 bits per heavy atom. The monoisotopic (exact) mass is 243 g/mol. The Morgan fingerprint density at radius 1 is 1.33 bits per heavy atom. The number of carbonyl (C=O) groups excluding carboxylic acids is 1. The van der Waals surface area contributed by atoms with Crippen molar-refractivity contribution in [2.45, 2.75) is 20.0 Å². The van der Waals surface area contributed by atoms with Crippen molar-refractivity contribution in [2.24, 2.45) is 0 Å². The summed E-state index contributed by atoms with van der Waals surface area (Å²) in [6.45, 7) is 3.86. The Kier molecular flexibility index (Phi) is 2.55. The second kappa shape index (κ2) is 4.21. The highest BCUT2D eigenvalue weighted by atomic mass is 16.2. The normalized spacial score (nSPS) is 14.4. The summed E-state index contributed by atoms with van der Waals surface area (Å²) in [5.41, 5.74) is 0.613. The first-order valence-electron chi connectivity index (χ1n) is 5.83. The molecule has 1 aliphatic heterocycles. The second-order valence-electron chi connectivity index (χ2n) is 4.28. The molecule has 0 atom stereocenters. The predicted octanol–water partition coefficient (Wildman–Crippen LogP) is 0.638. The standard InChI is InChI=1S/C12H13N5O/c1-9-14-15-11-8-16(5-6-17(9)11)12(18)10-3-2-4-13-7-10/h2-4,7H,5-6,8H2,1H3. The van der Waals surface area contributed by atoms with E-state index in [1.807, 2.05) is 11.5 Å². The fourth-order valence-electron chi connectivity index (χ4n) is 2.15. The van der Waals surface area contributed by atoms with Gasteiger partial charge in [-0.05, 0) is 19.1 Å². The lowest BCUT2D eigenvalue weighted by Crippen LogP contribution is -2.38. The fraction of sp³-hybridized carbons (Fsp3) is 0.333. The van der Waals surface area contributed by atoms with Crippen LogP contribution >= 0.6 is 0 Å². The van der Waals surface area contributed by atoms with Crippen molar-refractivity contribution in [3.63, 3.8) is 0 Å². The maximum atomic E-state index is 12.2. The Labute approximate surface area is 104 Å². The van der Waals surface area contributed by atoms with Crippen LogP contribution in [0, 0.1) is 6.92 Å². The Balaban J connectivity index is 1.82. The van der Waals surface area contributed by atoms with Gasteiger partial charge in [-0.2, -0.15) is 0 Å². The molecule has 0 aromatic carbocycles. The molecule has 92 valence electrons. The van der Waals surface area contributed by atoms with Gasteiger partial charge in [-0.1, -0.05) is 0 Å². The van der Waals surface area contributed by atoms with Crippen LogP contribution in [0.25, 0.3) is 0 Å². The molecule has 0 fully saturated rings. The molecule has 0 aliphatic carbocycles. The fourth-order valence-corrected chi connectivity index (χ4v) is 2.15. The zero-order valence-electron chi connectivity index (χ0n) is 10.1. The highest BCUT2D eigenvalue weighted by Gasteiger charge is 2.24. The summed E-state index contributed by atoms with van der Waals surface area (Å²) in [4.78, 5) is 18.0. The van der Waals surface area contributed by atoms with E-state index < -0.39 is 0 Å². The molecule has 6 nitrogen and oxygen atoms in total. The Morgan fingerprint density at radius 2 is 2.22 bits per heavy atom. The van der Waals surface area contributed by atoms with Gasteiger partial charge in [0.25, 0.3) is 5.91 Å². The lowest BCUT2D eigenvalue weighted by molar-refractivity contribution is 0.0706. The maximum Gasteiger partial charge on any atom is 0.255 e. The van der Waals surface area contributed by atoms with Gasteiger partial charge in [0, 0.05) is 25.5 Å². The molecule has 2 aromatic rings. The van der Waals surface area contributed by atoms with E-state index in [9.17, 15) is 4.79 Å². The van der Waals surface area contributed by atoms with E-state index in [1.54, 1.807) is 29.4 Å². The van der Waals surface area contributed by atoms with Gasteiger partial charge in [0.2, 0.25) is 0 Å². The van der Waals surface area contributed by atoms with Crippen molar-refractivity contribution in [1.82, 2.24) is 24.6 Å². The van der Waals surface area contributed by atoms with Gasteiger partial charge in [0.15, 0.2) is 5.82 Å². The van der Waals surface area contributed by atoms with E-state index in [2.05, 4.69) is 15.2 Å². The van der Waals surface area contributed by atoms with Crippen LogP contribution in [0.2, 0.25) is 0 Å². The van der Waals surface area contributed by atoms with Crippen molar-refractivity contribution >= 4 is 5.91 Å². The smallest absolute Gasteiger partial charge is 0.255 e. The topological polar surface area (TPSA) is 63.9 Å². The molecular weight excluding hydrogens is 230 g/mol. The minimum absolute atomic E-state index is 0.00463. The van der Waals surface area contributed by atoms with Gasteiger partial charge in [-0.15, -0.1) is 10.2 Å². The van der Waals surface area contributed by atoms with Crippen LogP contribution in [0.4, 0.5) is 0 Å². The quantitative estimate of drug-likeness (QED) is 0.737. The summed E-state index contributed by atoms with van der Waals surface area (Å²) < 4.78 is 2.05. The highest BCUT2D eigenvalue weighted by Crippen LogP contribution is 2.14. The summed E-state index contributed by atoms with van der Waals surface area (Å²) in [7, 11) is 0. The average Bonchev–Trinajstić information content (AvgIpc) is 2.80. The molecule has 0 N–H and O–H groups in total. The number of rotatable bonds is 1. The SMILES string of the molecule is Cc1nnc2n1CCN(C(=O)c1cccnc1)C2. The molecule has 0 bridgehead atoms. The first kappa shape index (κ1) is 10.9. The van der Waals surface area contributed by atoms with E-state index >= 15 is 0 Å². The molecule has 1 aliphatic rings. The molecular formula is C12H13N5O. The van der Waals surface area contributed by atoms with E-state index in [0.717, 1.165) is 18.2 Å². The van der Waals surface area contributed by atoms with Crippen LogP contribution in [0.1, 0.15) is 22.0 Å². The molecule has 2 aromatic heterocycles. The van der Waals surface area contributed by atoms with Crippen LogP contribution in [-0.2, 0) is 13.1 Å². The lowest BCUT2D eigenvalue weighted by Gasteiger charge is -2.27. The van der Waals surface area contributed by atoms with Crippen LogP contribution in [-0.4, -0.2) is 37.1 Å². The van der Waals surface area contributed by atoms with Crippen LogP contribution < -0.4 is 0 Å². The molecule has 3 rings (SSSR count). The molecule has 0 saturated carbocycles. The summed E-state index contributed by atoms with van der Waals surface area (Å²) in [6.07, 6.45) is 3.25. The summed E-state index contributed by atoms with van der Waals surface area (Å²) in [6, 6.07) is 3.55. The van der Waals surface area contributed by atoms with Gasteiger partial charge in [0.1, 0.15) is 5.82 Å². The lowest BCUT2D eigenvalue weighted by atomic mass is 10.2. The molecule has 18 heavy (non-hydrogen) atoms. The molecule has 0 radical (unpaired) electrons. The van der Waals surface area contributed by atoms with Gasteiger partial charge < -0.3 is 9.47 Å². The zero-order valence-corrected chi connectivity index (χ0v) is 10.1. The number of hydrogen-bond donors (Lipinski definition) is 0. The summed E-state index contributed by atoms with van der Waals surface area (Å²) in [5.74, 6) is 1.74. The number of fused-ring (bicyclic) bond motifs is 1. The molecule has 0 unspecified atom stereocenters. The summed E-state index contributed by atoms with van der Waals surface area (Å²) >= 11 is 0. The first-order valence-corrected chi connectivity index (χ1v) is 5.83. The number of hydrogen-bond acceptors (Lipinski definition) is 4. The van der Waals surface area contributed by atoms with E-state index in [-0.39, 0.29) is 5.91 Å². The zero-order chi connectivity index (χ0) is 12.5. The van der Waals surface area contributed by atoms with Crippen molar-refractivity contribution in [3.05, 3.63) is 41.7 Å². The number of amides is 1. The Bertz CT molecular complexity index is 577. The minimum Gasteiger partial charge on any atom is -0.329 e. The molecule has 3 heterocycles. The highest BCUT2D eigenvalue weighted by molar-refractivity contribution is 5.93. The second-order valence-corrected chi connectivity index (χ2v) is 4.28. The van der Waals surface area contributed by atoms with Gasteiger partial charge >= 0.3 is 0 Å². The van der Waals surface area contributed by atoms with Crippen LogP contribution in [0.15, 0.2) is 24.5 Å². The van der Waals surface area contributed by atoms with E-state index in [0.29, 0.717) is 18.7 Å². The van der Waals surface area contributed by atoms with Crippen LogP contribution in [0.3, 0.4) is 0 Å². The molecule has 0 saturated heterocycles. The number of aromatic nitrogens is 4. The van der Waals surface area contributed by atoms with Gasteiger partial charge in [-0.3, -0.25) is 9.78 Å². The van der Waals surface area contributed by atoms with E-state index in [1.165, 1.54) is 0 Å². The number of carbonyl (C=O) groups is 1. The predicted molar refractivity (Wildman–Crippen MR) is 63.7 cm³/mol. The number of pyridine rings is 1. The molecule has 6 heteroatoms. The van der Waals surface area contributed by atoms with Crippen molar-refractivity contribution < 1.29 is 4.79 Å². The maximum absolute atomic E-state index is 12.2. The van der Waals surface area contributed by atoms with E-state index in [4.69, 9.17) is 0 Å². The van der Waals surface area contributed by atoms with Crippen molar-refractivity contribution in [1.29, 1.82) is 0 Å². The van der Waals surface area contributed by atoms with Crippen molar-refractivity contribution in [2.75, 3.05) is 6.54 Å². The average molecular weight is 243 g/mol. The third kappa shape index (κ3) is 1.75. The largest absolute Gasteiger partial charge is 0.329 e. The van der Waals surface area contributed by atoms with Crippen LogP contribution in [0.5, 0.6) is 0 Å². The molecule has 0 spiro atoms. The minimum atomic E-state index is -0.00463. The van der Waals surface area contributed by atoms with Gasteiger partial charge in [-0.25, -0.2) is 0 Å². The molecule has 1 amide bonds. The number of nitrogens with zero attached hydrogens (tertiary/aromatic N) is 5. The number of aryl methyl sites for hydroxylation is 1. The third-order valence-corrected chi connectivity index (χ3v) is 3.13. The van der Waals surface area contributed by atoms with Gasteiger partial charge in [0.05, 0.1) is 12.1 Å². The first-order chi connectivity index (χ1) is 8.75.